The van der Waals surface area contributed by atoms with Gasteiger partial charge in [-0.1, -0.05) is 24.3 Å². The van der Waals surface area contributed by atoms with Gasteiger partial charge in [-0.3, -0.25) is 9.59 Å². The van der Waals surface area contributed by atoms with Crippen LogP contribution in [0.5, 0.6) is 0 Å². The van der Waals surface area contributed by atoms with Gasteiger partial charge in [0, 0.05) is 13.1 Å². The van der Waals surface area contributed by atoms with Crippen LogP contribution in [0.2, 0.25) is 0 Å². The molecule has 2 rings (SSSR count). The Morgan fingerprint density at radius 2 is 1.20 bits per heavy atom. The molecule has 7 heteroatoms. The highest BCUT2D eigenvalue weighted by molar-refractivity contribution is 6.36. The maximum absolute atomic E-state index is 13.0. The number of rotatable bonds is 7. The first-order valence-corrected chi connectivity index (χ1v) is 7.38. The summed E-state index contributed by atoms with van der Waals surface area (Å²) in [5.74, 6) is -4.44. The summed E-state index contributed by atoms with van der Waals surface area (Å²) in [6, 6.07) is 10.9. The molecule has 2 aromatic carbocycles. The maximum Gasteiger partial charge on any atom is 0.372 e. The van der Waals surface area contributed by atoms with Gasteiger partial charge in [-0.05, 0) is 35.4 Å². The fourth-order valence-corrected chi connectivity index (χ4v) is 2.18. The van der Waals surface area contributed by atoms with E-state index in [1.807, 2.05) is 0 Å². The molecule has 5 nitrogen and oxygen atoms in total. The molecule has 0 saturated heterocycles. The monoisotopic (exact) mass is 347 g/mol. The average Bonchev–Trinajstić information content (AvgIpc) is 2.58. The van der Waals surface area contributed by atoms with Crippen LogP contribution < -0.4 is 0 Å². The minimum absolute atomic E-state index is 0.0589. The van der Waals surface area contributed by atoms with E-state index in [1.165, 1.54) is 53.4 Å². The van der Waals surface area contributed by atoms with Crippen LogP contribution in [0.4, 0.5) is 8.78 Å². The van der Waals surface area contributed by atoms with Gasteiger partial charge in [-0.25, -0.2) is 13.6 Å². The number of benzene rings is 2. The molecule has 25 heavy (non-hydrogen) atoms. The number of Topliss-reactive ketones (excluding diaryl/α,β-unsaturated/α-hetero) is 1. The lowest BCUT2D eigenvalue weighted by atomic mass is 10.1. The van der Waals surface area contributed by atoms with E-state index in [9.17, 15) is 23.2 Å². The lowest BCUT2D eigenvalue weighted by molar-refractivity contribution is -0.151. The molecule has 1 N–H and O–H groups in total. The van der Waals surface area contributed by atoms with Crippen molar-refractivity contribution in [1.29, 1.82) is 0 Å². The molecule has 0 bridgehead atoms. The molecule has 0 heterocycles. The van der Waals surface area contributed by atoms with E-state index < -0.39 is 35.7 Å². The van der Waals surface area contributed by atoms with Crippen LogP contribution in [-0.2, 0) is 27.5 Å². The van der Waals surface area contributed by atoms with Gasteiger partial charge < -0.3 is 10.0 Å². The second-order valence-corrected chi connectivity index (χ2v) is 5.41. The number of hydrogen-bond acceptors (Lipinski definition) is 3. The average molecular weight is 347 g/mol. The summed E-state index contributed by atoms with van der Waals surface area (Å²) >= 11 is 0. The van der Waals surface area contributed by atoms with E-state index in [1.54, 1.807) is 0 Å². The van der Waals surface area contributed by atoms with E-state index in [-0.39, 0.29) is 13.1 Å². The zero-order chi connectivity index (χ0) is 18.4. The Hall–Kier alpha value is -3.09. The molecule has 0 saturated carbocycles. The number of ketones is 1. The Balaban J connectivity index is 2.18. The van der Waals surface area contributed by atoms with Crippen LogP contribution in [0.15, 0.2) is 48.5 Å². The first-order chi connectivity index (χ1) is 11.8. The second kappa shape index (κ2) is 8.14. The summed E-state index contributed by atoms with van der Waals surface area (Å²) in [6.45, 7) is 0.118. The van der Waals surface area contributed by atoms with Gasteiger partial charge in [0.15, 0.2) is 0 Å². The highest BCUT2D eigenvalue weighted by Gasteiger charge is 2.22. The lowest BCUT2D eigenvalue weighted by Crippen LogP contribution is -2.33. The Morgan fingerprint density at radius 1 is 0.800 bits per heavy atom. The molecule has 1 amide bonds. The molecule has 0 aliphatic heterocycles. The van der Waals surface area contributed by atoms with E-state index >= 15 is 0 Å². The zero-order valence-electron chi connectivity index (χ0n) is 13.1. The van der Waals surface area contributed by atoms with E-state index in [2.05, 4.69) is 0 Å². The molecule has 0 aliphatic carbocycles. The van der Waals surface area contributed by atoms with Crippen LogP contribution in [0.3, 0.4) is 0 Å². The van der Waals surface area contributed by atoms with Gasteiger partial charge in [-0.15, -0.1) is 0 Å². The van der Waals surface area contributed by atoms with Crippen LogP contribution >= 0.6 is 0 Å². The Morgan fingerprint density at radius 3 is 1.56 bits per heavy atom. The molecular formula is C18H15F2NO4. The minimum Gasteiger partial charge on any atom is -0.475 e. The Labute approximate surface area is 142 Å². The SMILES string of the molecule is O=C(O)C(=O)CC(=O)N(Cc1ccc(F)cc1)Cc1ccc(F)cc1. The summed E-state index contributed by atoms with van der Waals surface area (Å²) < 4.78 is 26.0. The predicted octanol–water partition coefficient (Wildman–Crippen LogP) is 2.54. The number of halogens is 2. The zero-order valence-corrected chi connectivity index (χ0v) is 13.1. The molecule has 2 aromatic rings. The lowest BCUT2D eigenvalue weighted by Gasteiger charge is -2.22. The van der Waals surface area contributed by atoms with Crippen molar-refractivity contribution in [3.63, 3.8) is 0 Å². The van der Waals surface area contributed by atoms with Crippen molar-refractivity contribution < 1.29 is 28.3 Å². The number of carbonyl (C=O) groups excluding carboxylic acids is 2. The number of nitrogens with zero attached hydrogens (tertiary/aromatic N) is 1. The molecule has 0 atom stereocenters. The number of amides is 1. The third-order valence-corrected chi connectivity index (χ3v) is 3.48. The summed E-state index contributed by atoms with van der Waals surface area (Å²) in [6.07, 6.45) is -0.780. The Bertz CT molecular complexity index is 725. The van der Waals surface area contributed by atoms with Crippen LogP contribution in [-0.4, -0.2) is 27.7 Å². The van der Waals surface area contributed by atoms with Gasteiger partial charge in [-0.2, -0.15) is 0 Å². The number of carbonyl (C=O) groups is 3. The van der Waals surface area contributed by atoms with Crippen molar-refractivity contribution in [3.05, 3.63) is 71.3 Å². The predicted molar refractivity (Wildman–Crippen MR) is 84.3 cm³/mol. The third kappa shape index (κ3) is 5.49. The topological polar surface area (TPSA) is 74.7 Å². The molecule has 130 valence electrons. The molecule has 0 unspecified atom stereocenters. The first kappa shape index (κ1) is 18.3. The summed E-state index contributed by atoms with van der Waals surface area (Å²) in [5.41, 5.74) is 1.22. The first-order valence-electron chi connectivity index (χ1n) is 7.38. The molecule has 0 aliphatic rings. The highest BCUT2D eigenvalue weighted by Crippen LogP contribution is 2.13. The Kier molecular flexibility index (Phi) is 5.94. The van der Waals surface area contributed by atoms with E-state index in [0.717, 1.165) is 0 Å². The number of hydrogen-bond donors (Lipinski definition) is 1. The van der Waals surface area contributed by atoms with Crippen molar-refractivity contribution in [1.82, 2.24) is 4.90 Å². The normalized spacial score (nSPS) is 10.3. The third-order valence-electron chi connectivity index (χ3n) is 3.48. The molecule has 0 fully saturated rings. The maximum atomic E-state index is 13.0. The van der Waals surface area contributed by atoms with Crippen molar-refractivity contribution in [2.24, 2.45) is 0 Å². The highest BCUT2D eigenvalue weighted by atomic mass is 19.1. The second-order valence-electron chi connectivity index (χ2n) is 5.41. The molecular weight excluding hydrogens is 332 g/mol. The van der Waals surface area contributed by atoms with Crippen LogP contribution in [0.1, 0.15) is 17.5 Å². The van der Waals surface area contributed by atoms with E-state index in [0.29, 0.717) is 11.1 Å². The van der Waals surface area contributed by atoms with Gasteiger partial charge >= 0.3 is 5.97 Å². The smallest absolute Gasteiger partial charge is 0.372 e. The fraction of sp³-hybridized carbons (Fsp3) is 0.167. The standard InChI is InChI=1S/C18H15F2NO4/c19-14-5-1-12(2-6-14)10-21(17(23)9-16(22)18(24)25)11-13-3-7-15(20)8-4-13/h1-8H,9-11H2,(H,24,25). The number of aliphatic carboxylic acids is 1. The van der Waals surface area contributed by atoms with Gasteiger partial charge in [0.05, 0.1) is 6.42 Å². The molecule has 0 radical (unpaired) electrons. The molecule has 0 aromatic heterocycles. The number of carboxylic acids is 1. The largest absolute Gasteiger partial charge is 0.475 e. The van der Waals surface area contributed by atoms with Crippen molar-refractivity contribution >= 4 is 17.7 Å². The van der Waals surface area contributed by atoms with Gasteiger partial charge in [0.2, 0.25) is 11.7 Å². The molecule has 0 spiro atoms. The number of carboxylic acid groups (broad SMARTS) is 1. The van der Waals surface area contributed by atoms with Crippen LogP contribution in [0.25, 0.3) is 0 Å². The van der Waals surface area contributed by atoms with Crippen molar-refractivity contribution in [2.45, 2.75) is 19.5 Å². The van der Waals surface area contributed by atoms with Gasteiger partial charge in [0.1, 0.15) is 11.6 Å². The van der Waals surface area contributed by atoms with Crippen LogP contribution in [0, 0.1) is 11.6 Å². The summed E-state index contributed by atoms with van der Waals surface area (Å²) in [7, 11) is 0. The van der Waals surface area contributed by atoms with Crippen molar-refractivity contribution in [3.8, 4) is 0 Å². The minimum atomic E-state index is -1.68. The quantitative estimate of drug-likeness (QED) is 0.617. The van der Waals surface area contributed by atoms with Crippen molar-refractivity contribution in [2.75, 3.05) is 0 Å². The van der Waals surface area contributed by atoms with E-state index in [4.69, 9.17) is 5.11 Å². The summed E-state index contributed by atoms with van der Waals surface area (Å²) in [5, 5.41) is 8.65. The van der Waals surface area contributed by atoms with Gasteiger partial charge in [0.25, 0.3) is 0 Å². The fourth-order valence-electron chi connectivity index (χ4n) is 2.18. The summed E-state index contributed by atoms with van der Waals surface area (Å²) in [4.78, 5) is 35.5.